The van der Waals surface area contributed by atoms with E-state index >= 15 is 0 Å². The Hall–Kier alpha value is -0.610. The fourth-order valence-corrected chi connectivity index (χ4v) is 3.81. The van der Waals surface area contributed by atoms with Crippen LogP contribution in [0.3, 0.4) is 0 Å². The molecule has 0 bridgehead atoms. The van der Waals surface area contributed by atoms with Crippen LogP contribution in [0.25, 0.3) is 0 Å². The molecule has 2 aliphatic carbocycles. The largest absolute Gasteiger partial charge is 0.393 e. The summed E-state index contributed by atoms with van der Waals surface area (Å²) in [6, 6.07) is 0.883. The Morgan fingerprint density at radius 1 is 1.11 bits per heavy atom. The van der Waals surface area contributed by atoms with E-state index in [9.17, 15) is 9.90 Å². The summed E-state index contributed by atoms with van der Waals surface area (Å²) in [6.07, 6.45) is 8.95. The Labute approximate surface area is 115 Å². The standard InChI is InChI=1S/C15H26N2O2/c18-14-6-2-1-4-12(14)13-5-3-9-17(13)10-15(19)16-11-7-8-11/h11-14,18H,1-10H2,(H,16,19). The number of nitrogens with one attached hydrogen (secondary N) is 1. The maximum Gasteiger partial charge on any atom is 0.234 e. The van der Waals surface area contributed by atoms with E-state index in [1.54, 1.807) is 0 Å². The molecule has 0 aromatic heterocycles. The van der Waals surface area contributed by atoms with Crippen molar-refractivity contribution in [3.05, 3.63) is 0 Å². The number of aliphatic hydroxyl groups is 1. The summed E-state index contributed by atoms with van der Waals surface area (Å²) < 4.78 is 0. The fourth-order valence-electron chi connectivity index (χ4n) is 3.81. The zero-order valence-electron chi connectivity index (χ0n) is 11.7. The maximum absolute atomic E-state index is 11.9. The zero-order chi connectivity index (χ0) is 13.2. The first kappa shape index (κ1) is 13.4. The minimum Gasteiger partial charge on any atom is -0.393 e. The molecule has 0 radical (unpaired) electrons. The summed E-state index contributed by atoms with van der Waals surface area (Å²) in [6.45, 7) is 1.55. The van der Waals surface area contributed by atoms with Crippen LogP contribution in [0.1, 0.15) is 51.4 Å². The van der Waals surface area contributed by atoms with E-state index in [1.165, 1.54) is 12.8 Å². The van der Waals surface area contributed by atoms with Crippen molar-refractivity contribution < 1.29 is 9.90 Å². The summed E-state index contributed by atoms with van der Waals surface area (Å²) in [5.41, 5.74) is 0. The number of hydrogen-bond acceptors (Lipinski definition) is 3. The third-order valence-corrected chi connectivity index (χ3v) is 4.98. The Morgan fingerprint density at radius 2 is 1.89 bits per heavy atom. The topological polar surface area (TPSA) is 52.6 Å². The molecule has 4 heteroatoms. The average molecular weight is 266 g/mol. The summed E-state index contributed by atoms with van der Waals surface area (Å²) in [5, 5.41) is 13.3. The molecule has 4 nitrogen and oxygen atoms in total. The predicted octanol–water partition coefficient (Wildman–Crippen LogP) is 1.28. The lowest BCUT2D eigenvalue weighted by atomic mass is 9.80. The second kappa shape index (κ2) is 5.80. The van der Waals surface area contributed by atoms with Gasteiger partial charge in [0.1, 0.15) is 0 Å². The van der Waals surface area contributed by atoms with Crippen LogP contribution < -0.4 is 5.32 Å². The molecule has 108 valence electrons. The number of rotatable bonds is 4. The van der Waals surface area contributed by atoms with E-state index in [4.69, 9.17) is 0 Å². The molecule has 1 aliphatic heterocycles. The molecule has 19 heavy (non-hydrogen) atoms. The van der Waals surface area contributed by atoms with Crippen molar-refractivity contribution >= 4 is 5.91 Å². The third kappa shape index (κ3) is 3.29. The molecule has 3 unspecified atom stereocenters. The number of carbonyl (C=O) groups is 1. The normalized spacial score (nSPS) is 36.4. The molecule has 3 rings (SSSR count). The van der Waals surface area contributed by atoms with Gasteiger partial charge < -0.3 is 10.4 Å². The van der Waals surface area contributed by atoms with Gasteiger partial charge in [0.2, 0.25) is 5.91 Å². The highest BCUT2D eigenvalue weighted by atomic mass is 16.3. The molecule has 3 aliphatic rings. The molecule has 1 amide bonds. The Balaban J connectivity index is 1.55. The van der Waals surface area contributed by atoms with Crippen molar-refractivity contribution in [3.8, 4) is 0 Å². The van der Waals surface area contributed by atoms with Crippen LogP contribution in [0, 0.1) is 5.92 Å². The first-order valence-corrected chi connectivity index (χ1v) is 7.95. The first-order chi connectivity index (χ1) is 9.24. The highest BCUT2D eigenvalue weighted by Crippen LogP contribution is 2.34. The quantitative estimate of drug-likeness (QED) is 0.806. The molecule has 1 heterocycles. The van der Waals surface area contributed by atoms with Gasteiger partial charge in [0, 0.05) is 18.0 Å². The van der Waals surface area contributed by atoms with E-state index in [-0.39, 0.29) is 12.0 Å². The zero-order valence-corrected chi connectivity index (χ0v) is 11.7. The van der Waals surface area contributed by atoms with Crippen LogP contribution in [0.2, 0.25) is 0 Å². The van der Waals surface area contributed by atoms with Gasteiger partial charge in [-0.25, -0.2) is 0 Å². The van der Waals surface area contributed by atoms with Gasteiger partial charge in [-0.1, -0.05) is 12.8 Å². The molecular weight excluding hydrogens is 240 g/mol. The van der Waals surface area contributed by atoms with Crippen molar-refractivity contribution in [1.82, 2.24) is 10.2 Å². The summed E-state index contributed by atoms with van der Waals surface area (Å²) in [4.78, 5) is 14.3. The van der Waals surface area contributed by atoms with Crippen molar-refractivity contribution in [2.45, 2.75) is 69.6 Å². The van der Waals surface area contributed by atoms with Crippen LogP contribution >= 0.6 is 0 Å². The van der Waals surface area contributed by atoms with Gasteiger partial charge in [-0.15, -0.1) is 0 Å². The van der Waals surface area contributed by atoms with Crippen LogP contribution in [-0.4, -0.2) is 47.2 Å². The van der Waals surface area contributed by atoms with Crippen LogP contribution in [-0.2, 0) is 4.79 Å². The van der Waals surface area contributed by atoms with Gasteiger partial charge >= 0.3 is 0 Å². The first-order valence-electron chi connectivity index (χ1n) is 7.95. The number of amides is 1. The average Bonchev–Trinajstić information content (AvgIpc) is 3.08. The highest BCUT2D eigenvalue weighted by molar-refractivity contribution is 5.78. The number of aliphatic hydroxyl groups excluding tert-OH is 1. The minimum atomic E-state index is -0.147. The number of hydrogen-bond donors (Lipinski definition) is 2. The summed E-state index contributed by atoms with van der Waals surface area (Å²) >= 11 is 0. The van der Waals surface area contributed by atoms with Crippen LogP contribution in [0.4, 0.5) is 0 Å². The SMILES string of the molecule is O=C(CN1CCCC1C1CCCCC1O)NC1CC1. The van der Waals surface area contributed by atoms with E-state index in [1.807, 2.05) is 0 Å². The summed E-state index contributed by atoms with van der Waals surface area (Å²) in [7, 11) is 0. The van der Waals surface area contributed by atoms with E-state index in [0.717, 1.165) is 45.1 Å². The maximum atomic E-state index is 11.9. The molecule has 3 fully saturated rings. The highest BCUT2D eigenvalue weighted by Gasteiger charge is 2.37. The number of likely N-dealkylation sites (tertiary alicyclic amines) is 1. The lowest BCUT2D eigenvalue weighted by Crippen LogP contribution is -2.46. The van der Waals surface area contributed by atoms with Gasteiger partial charge in [-0.2, -0.15) is 0 Å². The van der Waals surface area contributed by atoms with E-state index < -0.39 is 0 Å². The number of carbonyl (C=O) groups excluding carboxylic acids is 1. The molecule has 0 spiro atoms. The summed E-state index contributed by atoms with van der Waals surface area (Å²) in [5.74, 6) is 0.574. The van der Waals surface area contributed by atoms with Crippen molar-refractivity contribution in [2.75, 3.05) is 13.1 Å². The second-order valence-corrected chi connectivity index (χ2v) is 6.54. The van der Waals surface area contributed by atoms with Gasteiger partial charge in [-0.3, -0.25) is 9.69 Å². The lowest BCUT2D eigenvalue weighted by molar-refractivity contribution is -0.123. The molecule has 2 saturated carbocycles. The molecule has 1 saturated heterocycles. The molecule has 3 atom stereocenters. The molecule has 0 aromatic rings. The monoisotopic (exact) mass is 266 g/mol. The van der Waals surface area contributed by atoms with Crippen molar-refractivity contribution in [3.63, 3.8) is 0 Å². The molecule has 0 aromatic carbocycles. The Bertz CT molecular complexity index is 330. The van der Waals surface area contributed by atoms with E-state index in [0.29, 0.717) is 24.5 Å². The van der Waals surface area contributed by atoms with E-state index in [2.05, 4.69) is 10.2 Å². The minimum absolute atomic E-state index is 0.147. The number of nitrogens with zero attached hydrogens (tertiary/aromatic N) is 1. The van der Waals surface area contributed by atoms with Crippen molar-refractivity contribution in [2.24, 2.45) is 5.92 Å². The smallest absolute Gasteiger partial charge is 0.234 e. The lowest BCUT2D eigenvalue weighted by Gasteiger charge is -2.37. The molecular formula is C15H26N2O2. The Morgan fingerprint density at radius 3 is 2.63 bits per heavy atom. The van der Waals surface area contributed by atoms with Gasteiger partial charge in [0.25, 0.3) is 0 Å². The van der Waals surface area contributed by atoms with Gasteiger partial charge in [0.15, 0.2) is 0 Å². The Kier molecular flexibility index (Phi) is 4.08. The van der Waals surface area contributed by atoms with Crippen molar-refractivity contribution in [1.29, 1.82) is 0 Å². The predicted molar refractivity (Wildman–Crippen MR) is 73.7 cm³/mol. The van der Waals surface area contributed by atoms with Gasteiger partial charge in [-0.05, 0) is 45.1 Å². The van der Waals surface area contributed by atoms with Crippen LogP contribution in [0.5, 0.6) is 0 Å². The van der Waals surface area contributed by atoms with Crippen LogP contribution in [0.15, 0.2) is 0 Å². The fraction of sp³-hybridized carbons (Fsp3) is 0.933. The third-order valence-electron chi connectivity index (χ3n) is 4.98. The molecule has 2 N–H and O–H groups in total. The second-order valence-electron chi connectivity index (χ2n) is 6.54. The van der Waals surface area contributed by atoms with Gasteiger partial charge in [0.05, 0.1) is 12.6 Å².